The molecule has 2 heterocycles. The lowest BCUT2D eigenvalue weighted by Crippen LogP contribution is -2.38. The second-order valence-corrected chi connectivity index (χ2v) is 6.46. The molecule has 1 aromatic heterocycles. The third kappa shape index (κ3) is 2.75. The molecule has 0 atom stereocenters. The van der Waals surface area contributed by atoms with Gasteiger partial charge in [0.2, 0.25) is 0 Å². The van der Waals surface area contributed by atoms with Crippen LogP contribution in [-0.4, -0.2) is 47.5 Å². The summed E-state index contributed by atoms with van der Waals surface area (Å²) in [6.45, 7) is 3.24. The number of pyridine rings is 1. The van der Waals surface area contributed by atoms with Crippen molar-refractivity contribution >= 4 is 28.6 Å². The number of rotatable bonds is 2. The molecule has 0 radical (unpaired) electrons. The van der Waals surface area contributed by atoms with Crippen LogP contribution in [0.15, 0.2) is 18.2 Å². The number of benzene rings is 1. The SMILES string of the molecule is COc1cc(C(=O)N2CCSCC2)nc2c(C)cc(F)cc12. The van der Waals surface area contributed by atoms with Gasteiger partial charge in [-0.2, -0.15) is 11.8 Å². The molecule has 1 aromatic carbocycles. The lowest BCUT2D eigenvalue weighted by atomic mass is 10.1. The monoisotopic (exact) mass is 320 g/mol. The molecular formula is C16H17FN2O2S. The zero-order valence-electron chi connectivity index (χ0n) is 12.6. The highest BCUT2D eigenvalue weighted by Crippen LogP contribution is 2.29. The highest BCUT2D eigenvalue weighted by molar-refractivity contribution is 7.99. The van der Waals surface area contributed by atoms with Gasteiger partial charge in [-0.15, -0.1) is 0 Å². The van der Waals surface area contributed by atoms with Crippen LogP contribution in [0.3, 0.4) is 0 Å². The minimum absolute atomic E-state index is 0.0933. The fourth-order valence-electron chi connectivity index (χ4n) is 2.63. The largest absolute Gasteiger partial charge is 0.496 e. The van der Waals surface area contributed by atoms with Gasteiger partial charge in [0.05, 0.1) is 12.6 Å². The highest BCUT2D eigenvalue weighted by atomic mass is 32.2. The lowest BCUT2D eigenvalue weighted by Gasteiger charge is -2.26. The normalized spacial score (nSPS) is 15.1. The van der Waals surface area contributed by atoms with Crippen molar-refractivity contribution in [2.45, 2.75) is 6.92 Å². The van der Waals surface area contributed by atoms with E-state index in [4.69, 9.17) is 4.74 Å². The van der Waals surface area contributed by atoms with Crippen molar-refractivity contribution in [1.29, 1.82) is 0 Å². The Hall–Kier alpha value is -1.82. The highest BCUT2D eigenvalue weighted by Gasteiger charge is 2.21. The maximum absolute atomic E-state index is 13.6. The van der Waals surface area contributed by atoms with E-state index in [0.29, 0.717) is 27.9 Å². The van der Waals surface area contributed by atoms with Crippen LogP contribution < -0.4 is 4.74 Å². The molecule has 2 aromatic rings. The maximum atomic E-state index is 13.6. The molecule has 0 bridgehead atoms. The van der Waals surface area contributed by atoms with Crippen molar-refractivity contribution in [2.24, 2.45) is 0 Å². The van der Waals surface area contributed by atoms with Crippen molar-refractivity contribution in [1.82, 2.24) is 9.88 Å². The van der Waals surface area contributed by atoms with Crippen LogP contribution in [0.2, 0.25) is 0 Å². The number of amides is 1. The average Bonchev–Trinajstić information content (AvgIpc) is 2.54. The number of carbonyl (C=O) groups excluding carboxylic acids is 1. The first-order valence-electron chi connectivity index (χ1n) is 7.12. The number of thioether (sulfide) groups is 1. The number of nitrogens with zero attached hydrogens (tertiary/aromatic N) is 2. The molecule has 6 heteroatoms. The van der Waals surface area contributed by atoms with Gasteiger partial charge in [-0.25, -0.2) is 9.37 Å². The van der Waals surface area contributed by atoms with Gasteiger partial charge in [0.25, 0.3) is 5.91 Å². The molecule has 0 unspecified atom stereocenters. The number of hydrogen-bond acceptors (Lipinski definition) is 4. The first-order valence-corrected chi connectivity index (χ1v) is 8.27. The molecule has 4 nitrogen and oxygen atoms in total. The summed E-state index contributed by atoms with van der Waals surface area (Å²) in [5.74, 6) is 1.94. The molecule has 116 valence electrons. The predicted octanol–water partition coefficient (Wildman–Crippen LogP) is 2.88. The molecule has 1 fully saturated rings. The molecular weight excluding hydrogens is 303 g/mol. The Morgan fingerprint density at radius 3 is 2.73 bits per heavy atom. The van der Waals surface area contributed by atoms with E-state index >= 15 is 0 Å². The number of fused-ring (bicyclic) bond motifs is 1. The molecule has 3 rings (SSSR count). The first kappa shape index (κ1) is 15.1. The fraction of sp³-hybridized carbons (Fsp3) is 0.375. The molecule has 0 aliphatic carbocycles. The summed E-state index contributed by atoms with van der Waals surface area (Å²) in [7, 11) is 1.51. The number of carbonyl (C=O) groups is 1. The van der Waals surface area contributed by atoms with E-state index in [-0.39, 0.29) is 11.7 Å². The van der Waals surface area contributed by atoms with Crippen molar-refractivity contribution in [3.05, 3.63) is 35.3 Å². The Morgan fingerprint density at radius 2 is 2.05 bits per heavy atom. The van der Waals surface area contributed by atoms with Crippen molar-refractivity contribution in [3.63, 3.8) is 0 Å². The van der Waals surface area contributed by atoms with Crippen molar-refractivity contribution in [2.75, 3.05) is 31.7 Å². The number of halogens is 1. The van der Waals surface area contributed by atoms with Crippen LogP contribution >= 0.6 is 11.8 Å². The molecule has 0 N–H and O–H groups in total. The third-order valence-corrected chi connectivity index (χ3v) is 4.71. The van der Waals surface area contributed by atoms with E-state index in [1.165, 1.54) is 19.2 Å². The second kappa shape index (κ2) is 6.12. The summed E-state index contributed by atoms with van der Waals surface area (Å²) in [6.07, 6.45) is 0. The Balaban J connectivity index is 2.09. The van der Waals surface area contributed by atoms with E-state index in [1.807, 2.05) is 16.7 Å². The molecule has 1 aliphatic heterocycles. The number of hydrogen-bond donors (Lipinski definition) is 0. The van der Waals surface area contributed by atoms with Crippen LogP contribution in [0.1, 0.15) is 16.1 Å². The number of methoxy groups -OCH3 is 1. The van der Waals surface area contributed by atoms with E-state index in [0.717, 1.165) is 24.6 Å². The minimum atomic E-state index is -0.336. The Bertz CT molecular complexity index is 730. The zero-order chi connectivity index (χ0) is 15.7. The van der Waals surface area contributed by atoms with Crippen LogP contribution in [0.25, 0.3) is 10.9 Å². The maximum Gasteiger partial charge on any atom is 0.272 e. The van der Waals surface area contributed by atoms with Gasteiger partial charge < -0.3 is 9.64 Å². The fourth-order valence-corrected chi connectivity index (χ4v) is 3.54. The number of aromatic nitrogens is 1. The van der Waals surface area contributed by atoms with Gasteiger partial charge in [0, 0.05) is 36.0 Å². The summed E-state index contributed by atoms with van der Waals surface area (Å²) in [5.41, 5.74) is 1.65. The van der Waals surface area contributed by atoms with Gasteiger partial charge in [-0.1, -0.05) is 0 Å². The molecule has 1 aliphatic rings. The summed E-state index contributed by atoms with van der Waals surface area (Å²) in [5, 5.41) is 0.589. The topological polar surface area (TPSA) is 42.4 Å². The summed E-state index contributed by atoms with van der Waals surface area (Å²) < 4.78 is 18.9. The smallest absolute Gasteiger partial charge is 0.272 e. The van der Waals surface area contributed by atoms with E-state index in [9.17, 15) is 9.18 Å². The first-order chi connectivity index (χ1) is 10.6. The minimum Gasteiger partial charge on any atom is -0.496 e. The molecule has 0 saturated carbocycles. The van der Waals surface area contributed by atoms with E-state index in [1.54, 1.807) is 13.0 Å². The number of aryl methyl sites for hydroxylation is 1. The van der Waals surface area contributed by atoms with Crippen LogP contribution in [0.4, 0.5) is 4.39 Å². The van der Waals surface area contributed by atoms with Crippen molar-refractivity contribution < 1.29 is 13.9 Å². The van der Waals surface area contributed by atoms with Gasteiger partial charge in [-0.3, -0.25) is 4.79 Å². The van der Waals surface area contributed by atoms with Crippen molar-refractivity contribution in [3.8, 4) is 5.75 Å². The Morgan fingerprint density at radius 1 is 1.32 bits per heavy atom. The Kier molecular flexibility index (Phi) is 4.20. The van der Waals surface area contributed by atoms with Crippen LogP contribution in [0.5, 0.6) is 5.75 Å². The Labute approximate surface area is 132 Å². The quantitative estimate of drug-likeness (QED) is 0.853. The standard InChI is InChI=1S/C16H17FN2O2S/c1-10-7-11(17)8-12-14(21-2)9-13(18-15(10)12)16(20)19-3-5-22-6-4-19/h7-9H,3-6H2,1-2H3. The van der Waals surface area contributed by atoms with Gasteiger partial charge in [0.1, 0.15) is 17.3 Å². The lowest BCUT2D eigenvalue weighted by molar-refractivity contribution is 0.0766. The molecule has 1 saturated heterocycles. The summed E-state index contributed by atoms with van der Waals surface area (Å²) >= 11 is 1.84. The summed E-state index contributed by atoms with van der Waals surface area (Å²) in [4.78, 5) is 18.9. The van der Waals surface area contributed by atoms with Gasteiger partial charge in [-0.05, 0) is 24.6 Å². The van der Waals surface area contributed by atoms with E-state index in [2.05, 4.69) is 4.98 Å². The second-order valence-electron chi connectivity index (χ2n) is 5.23. The molecule has 1 amide bonds. The van der Waals surface area contributed by atoms with Gasteiger partial charge >= 0.3 is 0 Å². The van der Waals surface area contributed by atoms with Crippen LogP contribution in [0, 0.1) is 12.7 Å². The summed E-state index contributed by atoms with van der Waals surface area (Å²) in [6, 6.07) is 4.41. The predicted molar refractivity (Wildman–Crippen MR) is 86.2 cm³/mol. The zero-order valence-corrected chi connectivity index (χ0v) is 13.4. The van der Waals surface area contributed by atoms with Gasteiger partial charge in [0.15, 0.2) is 0 Å². The average molecular weight is 320 g/mol. The number of ether oxygens (including phenoxy) is 1. The van der Waals surface area contributed by atoms with Crippen LogP contribution in [-0.2, 0) is 0 Å². The third-order valence-electron chi connectivity index (χ3n) is 3.77. The molecule has 22 heavy (non-hydrogen) atoms. The van der Waals surface area contributed by atoms with E-state index < -0.39 is 0 Å². The molecule has 0 spiro atoms.